The molecule has 1 aromatic heterocycles. The lowest BCUT2D eigenvalue weighted by atomic mass is 10.3. The van der Waals surface area contributed by atoms with Crippen molar-refractivity contribution in [3.8, 4) is 0 Å². The number of halogens is 1. The van der Waals surface area contributed by atoms with Gasteiger partial charge in [0.2, 0.25) is 0 Å². The molecule has 0 fully saturated rings. The number of hydrogen-bond donors (Lipinski definition) is 0. The molecule has 0 saturated heterocycles. The van der Waals surface area contributed by atoms with Crippen molar-refractivity contribution in [3.63, 3.8) is 0 Å². The molecule has 0 amide bonds. The van der Waals surface area contributed by atoms with Gasteiger partial charge in [0.05, 0.1) is 0 Å². The van der Waals surface area contributed by atoms with Crippen LogP contribution in [0.4, 0.5) is 0 Å². The number of unbranched alkanes of at least 4 members (excludes halogenated alkanes) is 1. The second-order valence-electron chi connectivity index (χ2n) is 2.97. The molecule has 2 heteroatoms. The minimum atomic E-state index is 0. The third-order valence-electron chi connectivity index (χ3n) is 1.83. The van der Waals surface area contributed by atoms with Crippen LogP contribution in [-0.4, -0.2) is 0 Å². The molecule has 0 bridgehead atoms. The van der Waals surface area contributed by atoms with Crippen molar-refractivity contribution < 1.29 is 9.27 Å². The van der Waals surface area contributed by atoms with Gasteiger partial charge in [0.15, 0.2) is 12.4 Å². The van der Waals surface area contributed by atoms with Crippen molar-refractivity contribution >= 4 is 0 Å². The first-order chi connectivity index (χ1) is 5.33. The van der Waals surface area contributed by atoms with Gasteiger partial charge in [-0.2, -0.15) is 0 Å². The lowest BCUT2D eigenvalue weighted by Gasteiger charge is -1.94. The molecule has 0 aliphatic rings. The SMILES string of the molecule is CCCC[n+]1ccc(C)cc1.[F-]. The molecule has 0 radical (unpaired) electrons. The molecule has 0 N–H and O–H groups in total. The normalized spacial score (nSPS) is 9.17. The van der Waals surface area contributed by atoms with Gasteiger partial charge in [-0.25, -0.2) is 4.57 Å². The van der Waals surface area contributed by atoms with Crippen molar-refractivity contribution in [3.05, 3.63) is 30.1 Å². The lowest BCUT2D eigenvalue weighted by molar-refractivity contribution is -0.697. The predicted molar refractivity (Wildman–Crippen MR) is 46.3 cm³/mol. The van der Waals surface area contributed by atoms with Gasteiger partial charge in [-0.1, -0.05) is 13.3 Å². The maximum atomic E-state index is 2.23. The van der Waals surface area contributed by atoms with E-state index < -0.39 is 0 Å². The first kappa shape index (κ1) is 11.1. The number of rotatable bonds is 3. The van der Waals surface area contributed by atoms with E-state index in [0.717, 1.165) is 6.54 Å². The van der Waals surface area contributed by atoms with Gasteiger partial charge in [-0.15, -0.1) is 0 Å². The quantitative estimate of drug-likeness (QED) is 0.516. The number of nitrogens with zero attached hydrogens (tertiary/aromatic N) is 1. The van der Waals surface area contributed by atoms with Crippen LogP contribution in [0.15, 0.2) is 24.5 Å². The summed E-state index contributed by atoms with van der Waals surface area (Å²) in [5.41, 5.74) is 1.33. The summed E-state index contributed by atoms with van der Waals surface area (Å²) >= 11 is 0. The molecule has 68 valence electrons. The van der Waals surface area contributed by atoms with E-state index in [2.05, 4.69) is 42.9 Å². The Labute approximate surface area is 73.4 Å². The topological polar surface area (TPSA) is 3.88 Å². The number of aromatic nitrogens is 1. The Kier molecular flexibility index (Phi) is 5.26. The molecule has 1 rings (SSSR count). The van der Waals surface area contributed by atoms with E-state index in [9.17, 15) is 0 Å². The highest BCUT2D eigenvalue weighted by Crippen LogP contribution is 1.91. The zero-order chi connectivity index (χ0) is 8.10. The summed E-state index contributed by atoms with van der Waals surface area (Å²) in [6.45, 7) is 5.48. The molecular formula is C10H16FN. The Morgan fingerprint density at radius 3 is 2.33 bits per heavy atom. The zero-order valence-corrected chi connectivity index (χ0v) is 7.76. The Balaban J connectivity index is 0.00000121. The Morgan fingerprint density at radius 1 is 1.25 bits per heavy atom. The van der Waals surface area contributed by atoms with Crippen molar-refractivity contribution in [1.82, 2.24) is 0 Å². The fourth-order valence-corrected chi connectivity index (χ4v) is 1.02. The van der Waals surface area contributed by atoms with Gasteiger partial charge in [0.1, 0.15) is 6.54 Å². The predicted octanol–water partition coefficient (Wildman–Crippen LogP) is -0.913. The number of pyridine rings is 1. The van der Waals surface area contributed by atoms with Crippen LogP contribution in [0.25, 0.3) is 0 Å². The molecule has 0 aliphatic carbocycles. The van der Waals surface area contributed by atoms with Gasteiger partial charge in [0.25, 0.3) is 0 Å². The summed E-state index contributed by atoms with van der Waals surface area (Å²) in [5.74, 6) is 0. The van der Waals surface area contributed by atoms with Gasteiger partial charge in [-0.05, 0) is 12.5 Å². The summed E-state index contributed by atoms with van der Waals surface area (Å²) in [6.07, 6.45) is 6.82. The highest BCUT2D eigenvalue weighted by atomic mass is 19.0. The summed E-state index contributed by atoms with van der Waals surface area (Å²) < 4.78 is 2.23. The molecule has 1 nitrogen and oxygen atoms in total. The van der Waals surface area contributed by atoms with Crippen molar-refractivity contribution in [2.45, 2.75) is 33.2 Å². The standard InChI is InChI=1S/C10H16N.FH/c1-3-4-7-11-8-5-10(2)6-9-11;/h5-6,8-9H,3-4,7H2,1-2H3;1H/q+1;/p-1. The minimum Gasteiger partial charge on any atom is -1.00 e. The van der Waals surface area contributed by atoms with E-state index in [-0.39, 0.29) is 4.70 Å². The maximum absolute atomic E-state index is 2.23. The Morgan fingerprint density at radius 2 is 1.83 bits per heavy atom. The number of aryl methyl sites for hydroxylation is 2. The van der Waals surface area contributed by atoms with Gasteiger partial charge in [0, 0.05) is 18.6 Å². The van der Waals surface area contributed by atoms with Gasteiger partial charge >= 0.3 is 0 Å². The molecule has 1 aromatic rings. The van der Waals surface area contributed by atoms with Crippen LogP contribution in [0, 0.1) is 6.92 Å². The summed E-state index contributed by atoms with van der Waals surface area (Å²) in [4.78, 5) is 0. The van der Waals surface area contributed by atoms with E-state index >= 15 is 0 Å². The molecule has 0 saturated carbocycles. The van der Waals surface area contributed by atoms with E-state index in [1.807, 2.05) is 0 Å². The molecule has 0 spiro atoms. The molecule has 0 unspecified atom stereocenters. The first-order valence-electron chi connectivity index (χ1n) is 4.28. The molecule has 0 atom stereocenters. The highest BCUT2D eigenvalue weighted by Gasteiger charge is 1.95. The first-order valence-corrected chi connectivity index (χ1v) is 4.28. The summed E-state index contributed by atoms with van der Waals surface area (Å²) in [6, 6.07) is 4.30. The average molecular weight is 169 g/mol. The second kappa shape index (κ2) is 5.70. The Bertz CT molecular complexity index is 206. The van der Waals surface area contributed by atoms with Crippen LogP contribution in [0.3, 0.4) is 0 Å². The molecular weight excluding hydrogens is 153 g/mol. The van der Waals surface area contributed by atoms with Crippen LogP contribution >= 0.6 is 0 Å². The smallest absolute Gasteiger partial charge is 0.169 e. The van der Waals surface area contributed by atoms with Crippen LogP contribution in [0.2, 0.25) is 0 Å². The van der Waals surface area contributed by atoms with Gasteiger partial charge < -0.3 is 4.70 Å². The van der Waals surface area contributed by atoms with E-state index in [1.165, 1.54) is 18.4 Å². The van der Waals surface area contributed by atoms with Crippen LogP contribution in [0.1, 0.15) is 25.3 Å². The molecule has 1 heterocycles. The third kappa shape index (κ3) is 3.46. The molecule has 0 aromatic carbocycles. The zero-order valence-electron chi connectivity index (χ0n) is 7.76. The van der Waals surface area contributed by atoms with Gasteiger partial charge in [-0.3, -0.25) is 0 Å². The summed E-state index contributed by atoms with van der Waals surface area (Å²) in [7, 11) is 0. The second-order valence-corrected chi connectivity index (χ2v) is 2.97. The number of hydrogen-bond acceptors (Lipinski definition) is 0. The van der Waals surface area contributed by atoms with Crippen LogP contribution < -0.4 is 9.27 Å². The Hall–Kier alpha value is -0.920. The lowest BCUT2D eigenvalue weighted by Crippen LogP contribution is -3.00. The fraction of sp³-hybridized carbons (Fsp3) is 0.500. The van der Waals surface area contributed by atoms with Crippen LogP contribution in [-0.2, 0) is 6.54 Å². The minimum absolute atomic E-state index is 0. The summed E-state index contributed by atoms with van der Waals surface area (Å²) in [5, 5.41) is 0. The average Bonchev–Trinajstić information content (AvgIpc) is 2.04. The highest BCUT2D eigenvalue weighted by molar-refractivity contribution is 5.03. The van der Waals surface area contributed by atoms with Crippen molar-refractivity contribution in [2.24, 2.45) is 0 Å². The van der Waals surface area contributed by atoms with Crippen LogP contribution in [0.5, 0.6) is 0 Å². The molecule has 0 aliphatic heterocycles. The largest absolute Gasteiger partial charge is 1.00 e. The van der Waals surface area contributed by atoms with Crippen molar-refractivity contribution in [1.29, 1.82) is 0 Å². The molecule has 12 heavy (non-hydrogen) atoms. The van der Waals surface area contributed by atoms with Crippen molar-refractivity contribution in [2.75, 3.05) is 0 Å². The maximum Gasteiger partial charge on any atom is 0.169 e. The van der Waals surface area contributed by atoms with E-state index in [4.69, 9.17) is 0 Å². The fourth-order valence-electron chi connectivity index (χ4n) is 1.02. The third-order valence-corrected chi connectivity index (χ3v) is 1.83. The monoisotopic (exact) mass is 169 g/mol. The van der Waals surface area contributed by atoms with E-state index in [1.54, 1.807) is 0 Å². The van der Waals surface area contributed by atoms with E-state index in [0.29, 0.717) is 0 Å².